The smallest absolute Gasteiger partial charge is 0.0845 e. The van der Waals surface area contributed by atoms with Gasteiger partial charge < -0.3 is 10.1 Å². The molecular weight excluding hydrogens is 258 g/mol. The van der Waals surface area contributed by atoms with Crippen LogP contribution < -0.4 is 5.32 Å². The second-order valence-corrected chi connectivity index (χ2v) is 5.66. The van der Waals surface area contributed by atoms with Gasteiger partial charge in [0.15, 0.2) is 0 Å². The minimum atomic E-state index is -0.200. The normalized spacial score (nSPS) is 15.8. The van der Waals surface area contributed by atoms with E-state index in [1.165, 1.54) is 16.3 Å². The van der Waals surface area contributed by atoms with Crippen LogP contribution in [0.15, 0.2) is 42.5 Å². The molecule has 0 bridgehead atoms. The van der Waals surface area contributed by atoms with Gasteiger partial charge in [0.1, 0.15) is 0 Å². The molecule has 2 aromatic carbocycles. The zero-order valence-corrected chi connectivity index (χ0v) is 13.6. The van der Waals surface area contributed by atoms with Gasteiger partial charge in [0.2, 0.25) is 0 Å². The molecular formula is C19H27NO. The molecule has 0 saturated carbocycles. The number of hydrogen-bond acceptors (Lipinski definition) is 2. The minimum absolute atomic E-state index is 0.193. The van der Waals surface area contributed by atoms with Crippen molar-refractivity contribution in [3.8, 4) is 0 Å². The quantitative estimate of drug-likeness (QED) is 0.796. The van der Waals surface area contributed by atoms with Gasteiger partial charge in [-0.1, -0.05) is 56.3 Å². The summed E-state index contributed by atoms with van der Waals surface area (Å²) in [6, 6.07) is 15.3. The molecule has 0 aromatic heterocycles. The van der Waals surface area contributed by atoms with Crippen LogP contribution >= 0.6 is 0 Å². The van der Waals surface area contributed by atoms with E-state index in [0.29, 0.717) is 0 Å². The number of hydrogen-bond donors (Lipinski definition) is 1. The molecule has 1 N–H and O–H groups in total. The van der Waals surface area contributed by atoms with Crippen LogP contribution in [0.2, 0.25) is 0 Å². The fraction of sp³-hybridized carbons (Fsp3) is 0.474. The number of likely N-dealkylation sites (N-methyl/N-ethyl adjacent to an activating group) is 1. The lowest BCUT2D eigenvalue weighted by molar-refractivity contribution is -0.0556. The van der Waals surface area contributed by atoms with Crippen molar-refractivity contribution in [3.63, 3.8) is 0 Å². The summed E-state index contributed by atoms with van der Waals surface area (Å²) in [7, 11) is 0. The van der Waals surface area contributed by atoms with E-state index in [1.54, 1.807) is 0 Å². The Morgan fingerprint density at radius 2 is 1.76 bits per heavy atom. The number of nitrogens with one attached hydrogen (secondary N) is 1. The molecule has 0 aliphatic carbocycles. The summed E-state index contributed by atoms with van der Waals surface area (Å²) in [5.74, 6) is 0. The number of fused-ring (bicyclic) bond motifs is 1. The fourth-order valence-corrected chi connectivity index (χ4v) is 3.08. The maximum atomic E-state index is 6.13. The molecule has 0 radical (unpaired) electrons. The predicted octanol–water partition coefficient (Wildman–Crippen LogP) is 4.70. The lowest BCUT2D eigenvalue weighted by Crippen LogP contribution is -2.43. The summed E-state index contributed by atoms with van der Waals surface area (Å²) in [6.45, 7) is 10.3. The van der Waals surface area contributed by atoms with Gasteiger partial charge in [-0.05, 0) is 43.1 Å². The zero-order chi connectivity index (χ0) is 15.3. The molecule has 0 aliphatic heterocycles. The third kappa shape index (κ3) is 3.28. The van der Waals surface area contributed by atoms with E-state index in [-0.39, 0.29) is 11.6 Å². The molecule has 0 spiro atoms. The third-order valence-electron chi connectivity index (χ3n) is 4.33. The van der Waals surface area contributed by atoms with Crippen LogP contribution in [0, 0.1) is 0 Å². The first kappa shape index (κ1) is 16.0. The van der Waals surface area contributed by atoms with E-state index in [1.807, 2.05) is 0 Å². The Labute approximate surface area is 128 Å². The highest BCUT2D eigenvalue weighted by Gasteiger charge is 2.34. The number of benzene rings is 2. The highest BCUT2D eigenvalue weighted by Crippen LogP contribution is 2.35. The van der Waals surface area contributed by atoms with E-state index in [0.717, 1.165) is 19.6 Å². The van der Waals surface area contributed by atoms with Crippen molar-refractivity contribution in [3.05, 3.63) is 48.0 Å². The molecule has 0 amide bonds. The Hall–Kier alpha value is -1.38. The van der Waals surface area contributed by atoms with Crippen LogP contribution in [0.1, 0.15) is 45.7 Å². The highest BCUT2D eigenvalue weighted by atomic mass is 16.5. The lowest BCUT2D eigenvalue weighted by atomic mass is 9.85. The second-order valence-electron chi connectivity index (χ2n) is 5.66. The standard InChI is InChI=1S/C19H27NO/c1-5-19(4,21-7-3)18(20-6-2)17-14-10-12-15-11-8-9-13-16(15)17/h8-14,18,20H,5-7H2,1-4H3. The SMILES string of the molecule is CCNC(c1cccc2ccccc12)C(C)(CC)OCC. The van der Waals surface area contributed by atoms with E-state index in [4.69, 9.17) is 4.74 Å². The lowest BCUT2D eigenvalue weighted by Gasteiger charge is -2.38. The first-order valence-electron chi connectivity index (χ1n) is 8.01. The van der Waals surface area contributed by atoms with Crippen LogP contribution in [0.3, 0.4) is 0 Å². The van der Waals surface area contributed by atoms with Crippen LogP contribution in [-0.4, -0.2) is 18.8 Å². The van der Waals surface area contributed by atoms with Gasteiger partial charge in [-0.3, -0.25) is 0 Å². The van der Waals surface area contributed by atoms with E-state index in [9.17, 15) is 0 Å². The van der Waals surface area contributed by atoms with Crippen molar-refractivity contribution in [1.29, 1.82) is 0 Å². The fourth-order valence-electron chi connectivity index (χ4n) is 3.08. The maximum Gasteiger partial charge on any atom is 0.0845 e. The highest BCUT2D eigenvalue weighted by molar-refractivity contribution is 5.86. The maximum absolute atomic E-state index is 6.13. The molecule has 0 saturated heterocycles. The van der Waals surface area contributed by atoms with Crippen molar-refractivity contribution >= 4 is 10.8 Å². The molecule has 2 atom stereocenters. The zero-order valence-electron chi connectivity index (χ0n) is 13.6. The van der Waals surface area contributed by atoms with Gasteiger partial charge >= 0.3 is 0 Å². The van der Waals surface area contributed by atoms with Crippen molar-refractivity contribution in [1.82, 2.24) is 5.32 Å². The molecule has 114 valence electrons. The Balaban J connectivity index is 2.54. The summed E-state index contributed by atoms with van der Waals surface area (Å²) in [5.41, 5.74) is 1.13. The Bertz CT molecular complexity index is 575. The molecule has 21 heavy (non-hydrogen) atoms. The van der Waals surface area contributed by atoms with E-state index < -0.39 is 0 Å². The average Bonchev–Trinajstić information content (AvgIpc) is 2.52. The van der Waals surface area contributed by atoms with Gasteiger partial charge in [-0.25, -0.2) is 0 Å². The summed E-state index contributed by atoms with van der Waals surface area (Å²) >= 11 is 0. The molecule has 2 nitrogen and oxygen atoms in total. The van der Waals surface area contributed by atoms with Crippen molar-refractivity contribution < 1.29 is 4.74 Å². The summed E-state index contributed by atoms with van der Waals surface area (Å²) in [4.78, 5) is 0. The second kappa shape index (κ2) is 7.06. The molecule has 0 heterocycles. The molecule has 2 rings (SSSR count). The molecule has 2 aromatic rings. The molecule has 2 heteroatoms. The van der Waals surface area contributed by atoms with Gasteiger partial charge in [0.25, 0.3) is 0 Å². The summed E-state index contributed by atoms with van der Waals surface area (Å²) in [5, 5.41) is 6.24. The Kier molecular flexibility index (Phi) is 5.38. The monoisotopic (exact) mass is 285 g/mol. The topological polar surface area (TPSA) is 21.3 Å². The number of ether oxygens (including phenoxy) is 1. The van der Waals surface area contributed by atoms with Gasteiger partial charge in [0.05, 0.1) is 11.6 Å². The van der Waals surface area contributed by atoms with Crippen molar-refractivity contribution in [2.75, 3.05) is 13.2 Å². The number of rotatable bonds is 7. The molecule has 0 fully saturated rings. The third-order valence-corrected chi connectivity index (χ3v) is 4.33. The van der Waals surface area contributed by atoms with Gasteiger partial charge in [-0.15, -0.1) is 0 Å². The largest absolute Gasteiger partial charge is 0.374 e. The Morgan fingerprint density at radius 1 is 1.05 bits per heavy atom. The molecule has 0 aliphatic rings. The van der Waals surface area contributed by atoms with E-state index >= 15 is 0 Å². The average molecular weight is 285 g/mol. The van der Waals surface area contributed by atoms with Crippen LogP contribution in [0.25, 0.3) is 10.8 Å². The Morgan fingerprint density at radius 3 is 2.43 bits per heavy atom. The van der Waals surface area contributed by atoms with E-state index in [2.05, 4.69) is 75.5 Å². The summed E-state index contributed by atoms with van der Waals surface area (Å²) in [6.07, 6.45) is 0.974. The first-order valence-corrected chi connectivity index (χ1v) is 8.01. The van der Waals surface area contributed by atoms with Crippen molar-refractivity contribution in [2.24, 2.45) is 0 Å². The predicted molar refractivity (Wildman–Crippen MR) is 90.7 cm³/mol. The van der Waals surface area contributed by atoms with Crippen LogP contribution in [-0.2, 0) is 4.74 Å². The molecule has 2 unspecified atom stereocenters. The minimum Gasteiger partial charge on any atom is -0.374 e. The van der Waals surface area contributed by atoms with Crippen LogP contribution in [0.4, 0.5) is 0 Å². The van der Waals surface area contributed by atoms with Gasteiger partial charge in [0, 0.05) is 6.61 Å². The summed E-state index contributed by atoms with van der Waals surface area (Å²) < 4.78 is 6.13. The van der Waals surface area contributed by atoms with Gasteiger partial charge in [-0.2, -0.15) is 0 Å². The van der Waals surface area contributed by atoms with Crippen LogP contribution in [0.5, 0.6) is 0 Å². The van der Waals surface area contributed by atoms with Crippen molar-refractivity contribution in [2.45, 2.75) is 45.8 Å². The first-order chi connectivity index (χ1) is 10.2.